The molecule has 2 bridgehead atoms. The van der Waals surface area contributed by atoms with Gasteiger partial charge in [0.1, 0.15) is 18.1 Å². The molecule has 0 unspecified atom stereocenters. The number of nitro benzene ring substituents is 1. The van der Waals surface area contributed by atoms with Crippen molar-refractivity contribution in [1.29, 1.82) is 0 Å². The molecule has 1 saturated heterocycles. The van der Waals surface area contributed by atoms with Crippen molar-refractivity contribution in [3.8, 4) is 5.75 Å². The molecule has 9 nitrogen and oxygen atoms in total. The summed E-state index contributed by atoms with van der Waals surface area (Å²) in [4.78, 5) is 37.9. The van der Waals surface area contributed by atoms with Crippen LogP contribution in [0.15, 0.2) is 94.4 Å². The third-order valence-electron chi connectivity index (χ3n) is 7.84. The molecule has 2 amide bonds. The van der Waals surface area contributed by atoms with E-state index in [0.29, 0.717) is 11.5 Å². The molecule has 2 heterocycles. The van der Waals surface area contributed by atoms with Crippen LogP contribution in [0.1, 0.15) is 45.6 Å². The molecule has 0 spiro atoms. The molecule has 1 aromatic heterocycles. The summed E-state index contributed by atoms with van der Waals surface area (Å²) in [5.41, 5.74) is 4.26. The summed E-state index contributed by atoms with van der Waals surface area (Å²) >= 11 is 0. The van der Waals surface area contributed by atoms with Crippen LogP contribution in [-0.4, -0.2) is 28.0 Å². The van der Waals surface area contributed by atoms with Crippen LogP contribution < -0.4 is 4.74 Å². The lowest BCUT2D eigenvalue weighted by molar-refractivity contribution is -0.386. The first kappa shape index (κ1) is 23.1. The monoisotopic (exact) mass is 519 g/mol. The van der Waals surface area contributed by atoms with Gasteiger partial charge in [0.05, 0.1) is 23.0 Å². The number of nitro groups is 1. The zero-order chi connectivity index (χ0) is 26.7. The quantitative estimate of drug-likeness (QED) is 0.153. The molecule has 3 aliphatic carbocycles. The van der Waals surface area contributed by atoms with Gasteiger partial charge in [-0.3, -0.25) is 19.7 Å². The average Bonchev–Trinajstić information content (AvgIpc) is 3.52. The molecule has 0 radical (unpaired) electrons. The molecular formula is C30H21N3O6. The first-order valence-corrected chi connectivity index (χ1v) is 12.6. The van der Waals surface area contributed by atoms with Gasteiger partial charge < -0.3 is 9.15 Å². The van der Waals surface area contributed by atoms with E-state index in [4.69, 9.17) is 9.15 Å². The van der Waals surface area contributed by atoms with Gasteiger partial charge in [0.25, 0.3) is 11.8 Å². The number of amides is 2. The molecule has 192 valence electrons. The summed E-state index contributed by atoms with van der Waals surface area (Å²) < 4.78 is 11.3. The van der Waals surface area contributed by atoms with E-state index in [9.17, 15) is 19.7 Å². The van der Waals surface area contributed by atoms with E-state index >= 15 is 0 Å². The Balaban J connectivity index is 1.13. The lowest BCUT2D eigenvalue weighted by Gasteiger charge is -2.45. The number of furan rings is 1. The van der Waals surface area contributed by atoms with Crippen molar-refractivity contribution in [2.75, 3.05) is 0 Å². The normalized spacial score (nSPS) is 22.6. The van der Waals surface area contributed by atoms with Crippen LogP contribution in [-0.2, 0) is 16.2 Å². The molecule has 39 heavy (non-hydrogen) atoms. The van der Waals surface area contributed by atoms with Gasteiger partial charge in [-0.05, 0) is 40.5 Å². The van der Waals surface area contributed by atoms with Gasteiger partial charge in [0, 0.05) is 17.9 Å². The van der Waals surface area contributed by atoms with Crippen LogP contribution in [0.25, 0.3) is 0 Å². The Bertz CT molecular complexity index is 1580. The van der Waals surface area contributed by atoms with Gasteiger partial charge in [-0.2, -0.15) is 10.1 Å². The third kappa shape index (κ3) is 3.50. The molecule has 9 heteroatoms. The van der Waals surface area contributed by atoms with Gasteiger partial charge in [-0.25, -0.2) is 0 Å². The van der Waals surface area contributed by atoms with E-state index in [1.54, 1.807) is 24.3 Å². The summed E-state index contributed by atoms with van der Waals surface area (Å²) in [5.74, 6) is -1.18. The Morgan fingerprint density at radius 3 is 1.92 bits per heavy atom. The summed E-state index contributed by atoms with van der Waals surface area (Å²) in [6.45, 7) is -0.0374. The maximum absolute atomic E-state index is 13.6. The van der Waals surface area contributed by atoms with Crippen LogP contribution in [0.2, 0.25) is 0 Å². The number of hydrogen-bond acceptors (Lipinski definition) is 7. The van der Waals surface area contributed by atoms with Crippen molar-refractivity contribution in [3.05, 3.63) is 129 Å². The first-order chi connectivity index (χ1) is 19.0. The highest BCUT2D eigenvalue weighted by Crippen LogP contribution is 2.60. The topological polar surface area (TPSA) is 115 Å². The van der Waals surface area contributed by atoms with Gasteiger partial charge in [-0.1, -0.05) is 60.7 Å². The standard InChI is InChI=1S/C30H21N3O6/c34-29-27-25-19-7-1-2-8-20(19)26(22-10-4-3-9-21(22)25)28(27)30(35)32(29)31-15-17-13-14-18(39-17)16-38-24-12-6-5-11-23(24)33(36)37/h1-15,25-28H,16H2/b31-15-/t25?,26?,27-,28-/m0/s1. The predicted molar refractivity (Wildman–Crippen MR) is 139 cm³/mol. The van der Waals surface area contributed by atoms with Crippen LogP contribution in [0.4, 0.5) is 5.69 Å². The second kappa shape index (κ2) is 8.76. The number of ether oxygens (including phenoxy) is 1. The van der Waals surface area contributed by atoms with Crippen LogP contribution >= 0.6 is 0 Å². The minimum Gasteiger partial charge on any atom is -0.479 e. The third-order valence-corrected chi connectivity index (χ3v) is 7.84. The summed E-state index contributed by atoms with van der Waals surface area (Å²) in [7, 11) is 0. The molecule has 1 fully saturated rings. The SMILES string of the molecule is O=C1[C@H]2C3c4ccccc4C(c4ccccc43)[C@@H]2C(=O)N1/N=C\c1ccc(COc2ccccc2[N+](=O)[O-])o1. The first-order valence-electron chi connectivity index (χ1n) is 12.6. The Morgan fingerprint density at radius 1 is 0.821 bits per heavy atom. The molecule has 4 aliphatic rings. The predicted octanol–water partition coefficient (Wildman–Crippen LogP) is 4.99. The van der Waals surface area contributed by atoms with Gasteiger partial charge in [-0.15, -0.1) is 0 Å². The number of carbonyl (C=O) groups excluding carboxylic acids is 2. The summed E-state index contributed by atoms with van der Waals surface area (Å²) in [6.07, 6.45) is 1.34. The molecule has 0 N–H and O–H groups in total. The summed E-state index contributed by atoms with van der Waals surface area (Å²) in [5, 5.41) is 16.4. The molecule has 2 atom stereocenters. The highest BCUT2D eigenvalue weighted by Gasteiger charge is 2.61. The average molecular weight is 520 g/mol. The van der Waals surface area contributed by atoms with Crippen LogP contribution in [0.3, 0.4) is 0 Å². The Labute approximate surface area is 222 Å². The zero-order valence-electron chi connectivity index (χ0n) is 20.5. The number of rotatable bonds is 6. The van der Waals surface area contributed by atoms with Crippen molar-refractivity contribution in [2.45, 2.75) is 18.4 Å². The largest absolute Gasteiger partial charge is 0.479 e. The smallest absolute Gasteiger partial charge is 0.310 e. The second-order valence-corrected chi connectivity index (χ2v) is 9.82. The number of imide groups is 1. The highest BCUT2D eigenvalue weighted by molar-refractivity contribution is 6.08. The number of benzene rings is 3. The fraction of sp³-hybridized carbons (Fsp3) is 0.167. The van der Waals surface area contributed by atoms with Gasteiger partial charge >= 0.3 is 5.69 Å². The van der Waals surface area contributed by atoms with Crippen molar-refractivity contribution in [2.24, 2.45) is 16.9 Å². The number of nitrogens with zero attached hydrogens (tertiary/aromatic N) is 3. The highest BCUT2D eigenvalue weighted by atomic mass is 16.6. The van der Waals surface area contributed by atoms with Crippen LogP contribution in [0.5, 0.6) is 5.75 Å². The minimum absolute atomic E-state index is 0.0374. The lowest BCUT2D eigenvalue weighted by Crippen LogP contribution is -2.41. The molecule has 4 aromatic rings. The number of para-hydroxylation sites is 2. The van der Waals surface area contributed by atoms with E-state index in [1.165, 1.54) is 18.3 Å². The Hall–Kier alpha value is -5.05. The molecule has 1 aliphatic heterocycles. The fourth-order valence-electron chi connectivity index (χ4n) is 6.31. The Morgan fingerprint density at radius 2 is 1.36 bits per heavy atom. The zero-order valence-corrected chi connectivity index (χ0v) is 20.5. The lowest BCUT2D eigenvalue weighted by atomic mass is 9.55. The summed E-state index contributed by atoms with van der Waals surface area (Å²) in [6, 6.07) is 25.5. The van der Waals surface area contributed by atoms with E-state index in [0.717, 1.165) is 27.3 Å². The second-order valence-electron chi connectivity index (χ2n) is 9.82. The maximum Gasteiger partial charge on any atom is 0.310 e. The van der Waals surface area contributed by atoms with Crippen molar-refractivity contribution < 1.29 is 23.7 Å². The van der Waals surface area contributed by atoms with Crippen molar-refractivity contribution in [1.82, 2.24) is 5.01 Å². The Kier molecular flexibility index (Phi) is 5.19. The number of hydrazone groups is 1. The van der Waals surface area contributed by atoms with Crippen molar-refractivity contribution in [3.63, 3.8) is 0 Å². The number of carbonyl (C=O) groups is 2. The molecular weight excluding hydrogens is 498 g/mol. The van der Waals surface area contributed by atoms with Crippen molar-refractivity contribution >= 4 is 23.7 Å². The molecule has 8 rings (SSSR count). The van der Waals surface area contributed by atoms with E-state index < -0.39 is 16.8 Å². The minimum atomic E-state index is -0.513. The van der Waals surface area contributed by atoms with E-state index in [2.05, 4.69) is 29.4 Å². The molecule has 3 aromatic carbocycles. The van der Waals surface area contributed by atoms with Gasteiger partial charge in [0.15, 0.2) is 5.75 Å². The number of hydrogen-bond donors (Lipinski definition) is 0. The maximum atomic E-state index is 13.6. The fourth-order valence-corrected chi connectivity index (χ4v) is 6.31. The van der Waals surface area contributed by atoms with Gasteiger partial charge in [0.2, 0.25) is 0 Å². The van der Waals surface area contributed by atoms with E-state index in [-0.39, 0.29) is 41.7 Å². The molecule has 0 saturated carbocycles. The van der Waals surface area contributed by atoms with E-state index in [1.807, 2.05) is 24.3 Å². The van der Waals surface area contributed by atoms with Crippen LogP contribution in [0, 0.1) is 22.0 Å².